The molecule has 1 N–H and O–H groups in total. The van der Waals surface area contributed by atoms with Crippen LogP contribution in [0.3, 0.4) is 0 Å². The van der Waals surface area contributed by atoms with Gasteiger partial charge in [0.15, 0.2) is 0 Å². The molecule has 1 saturated heterocycles. The first-order chi connectivity index (χ1) is 11.8. The number of benzene rings is 1. The minimum atomic E-state index is -0.491. The third kappa shape index (κ3) is 5.66. The molecule has 1 aliphatic heterocycles. The number of nitrogens with one attached hydrogen (secondary N) is 1. The van der Waals surface area contributed by atoms with E-state index in [-0.39, 0.29) is 12.0 Å². The summed E-state index contributed by atoms with van der Waals surface area (Å²) < 4.78 is 10.5. The number of alkyl carbamates (subject to hydrolysis) is 1. The van der Waals surface area contributed by atoms with Crippen LogP contribution < -0.4 is 10.1 Å². The number of rotatable bonds is 4. The van der Waals surface area contributed by atoms with Gasteiger partial charge < -0.3 is 19.7 Å². The van der Waals surface area contributed by atoms with Crippen molar-refractivity contribution in [1.82, 2.24) is 10.2 Å². The zero-order valence-corrected chi connectivity index (χ0v) is 15.5. The zero-order valence-electron chi connectivity index (χ0n) is 15.5. The van der Waals surface area contributed by atoms with Gasteiger partial charge in [0, 0.05) is 19.6 Å². The normalized spacial score (nSPS) is 15.6. The lowest BCUT2D eigenvalue weighted by Crippen LogP contribution is -2.42. The lowest BCUT2D eigenvalue weighted by molar-refractivity contribution is 0.0500. The van der Waals surface area contributed by atoms with E-state index in [1.165, 1.54) is 0 Å². The summed E-state index contributed by atoms with van der Waals surface area (Å²) in [5, 5.41) is 2.82. The van der Waals surface area contributed by atoms with E-state index in [9.17, 15) is 9.59 Å². The van der Waals surface area contributed by atoms with Gasteiger partial charge in [-0.15, -0.1) is 0 Å². The SMILES string of the molecule is COc1ccccc1C(=O)N1CCC(CNC(=O)OC(C)(C)C)CC1. The Labute approximate surface area is 149 Å². The van der Waals surface area contributed by atoms with E-state index in [0.29, 0.717) is 36.9 Å². The number of nitrogens with zero attached hydrogens (tertiary/aromatic N) is 1. The van der Waals surface area contributed by atoms with Crippen LogP contribution in [0.4, 0.5) is 4.79 Å². The molecule has 1 aliphatic rings. The lowest BCUT2D eigenvalue weighted by Gasteiger charge is -2.32. The van der Waals surface area contributed by atoms with E-state index in [0.717, 1.165) is 12.8 Å². The van der Waals surface area contributed by atoms with Crippen LogP contribution in [0.5, 0.6) is 5.75 Å². The fourth-order valence-electron chi connectivity index (χ4n) is 2.87. The van der Waals surface area contributed by atoms with E-state index in [2.05, 4.69) is 5.32 Å². The Morgan fingerprint density at radius 2 is 1.84 bits per heavy atom. The largest absolute Gasteiger partial charge is 0.496 e. The van der Waals surface area contributed by atoms with Gasteiger partial charge in [-0.2, -0.15) is 0 Å². The topological polar surface area (TPSA) is 67.9 Å². The van der Waals surface area contributed by atoms with Gasteiger partial charge in [0.05, 0.1) is 12.7 Å². The Morgan fingerprint density at radius 3 is 2.44 bits per heavy atom. The van der Waals surface area contributed by atoms with Crippen LogP contribution in [-0.2, 0) is 4.74 Å². The van der Waals surface area contributed by atoms with Gasteiger partial charge in [-0.1, -0.05) is 12.1 Å². The molecule has 1 heterocycles. The van der Waals surface area contributed by atoms with Crippen LogP contribution in [-0.4, -0.2) is 49.2 Å². The van der Waals surface area contributed by atoms with E-state index < -0.39 is 5.60 Å². The molecule has 0 saturated carbocycles. The number of hydrogen-bond donors (Lipinski definition) is 1. The molecule has 6 heteroatoms. The standard InChI is InChI=1S/C19H28N2O4/c1-19(2,3)25-18(23)20-13-14-9-11-21(12-10-14)17(22)15-7-5-6-8-16(15)24-4/h5-8,14H,9-13H2,1-4H3,(H,20,23). The molecule has 1 aromatic carbocycles. The van der Waals surface area contributed by atoms with Crippen LogP contribution in [0, 0.1) is 5.92 Å². The van der Waals surface area contributed by atoms with E-state index in [1.54, 1.807) is 19.2 Å². The maximum absolute atomic E-state index is 12.7. The van der Waals surface area contributed by atoms with Crippen molar-refractivity contribution in [2.24, 2.45) is 5.92 Å². The summed E-state index contributed by atoms with van der Waals surface area (Å²) in [6.45, 7) is 7.46. The monoisotopic (exact) mass is 348 g/mol. The highest BCUT2D eigenvalue weighted by atomic mass is 16.6. The minimum absolute atomic E-state index is 0.00370. The molecule has 138 valence electrons. The minimum Gasteiger partial charge on any atom is -0.496 e. The predicted molar refractivity (Wildman–Crippen MR) is 95.9 cm³/mol. The number of para-hydroxylation sites is 1. The molecule has 0 spiro atoms. The molecular weight excluding hydrogens is 320 g/mol. The second-order valence-corrected chi connectivity index (χ2v) is 7.32. The molecule has 0 unspecified atom stereocenters. The summed E-state index contributed by atoms with van der Waals surface area (Å²) in [6.07, 6.45) is 1.33. The van der Waals surface area contributed by atoms with Gasteiger partial charge >= 0.3 is 6.09 Å². The molecule has 0 aromatic heterocycles. The fourth-order valence-corrected chi connectivity index (χ4v) is 2.87. The summed E-state index contributed by atoms with van der Waals surface area (Å²) in [5.74, 6) is 0.950. The summed E-state index contributed by atoms with van der Waals surface area (Å²) in [5.41, 5.74) is 0.101. The summed E-state index contributed by atoms with van der Waals surface area (Å²) >= 11 is 0. The number of methoxy groups -OCH3 is 1. The number of amides is 2. The van der Waals surface area contributed by atoms with Crippen LogP contribution in [0.2, 0.25) is 0 Å². The second-order valence-electron chi connectivity index (χ2n) is 7.32. The smallest absolute Gasteiger partial charge is 0.407 e. The number of likely N-dealkylation sites (tertiary alicyclic amines) is 1. The quantitative estimate of drug-likeness (QED) is 0.908. The number of carbonyl (C=O) groups is 2. The van der Waals surface area contributed by atoms with Crippen molar-refractivity contribution < 1.29 is 19.1 Å². The third-order valence-electron chi connectivity index (χ3n) is 4.17. The molecule has 6 nitrogen and oxygen atoms in total. The van der Waals surface area contributed by atoms with Gasteiger partial charge in [0.1, 0.15) is 11.4 Å². The molecule has 0 radical (unpaired) electrons. The van der Waals surface area contributed by atoms with E-state index in [1.807, 2.05) is 37.8 Å². The van der Waals surface area contributed by atoms with Crippen LogP contribution in [0.15, 0.2) is 24.3 Å². The highest BCUT2D eigenvalue weighted by Crippen LogP contribution is 2.23. The van der Waals surface area contributed by atoms with Gasteiger partial charge in [-0.25, -0.2) is 4.79 Å². The van der Waals surface area contributed by atoms with E-state index in [4.69, 9.17) is 9.47 Å². The summed E-state index contributed by atoms with van der Waals surface area (Å²) in [7, 11) is 1.57. The van der Waals surface area contributed by atoms with Crippen molar-refractivity contribution in [2.45, 2.75) is 39.2 Å². The number of hydrogen-bond acceptors (Lipinski definition) is 4. The Balaban J connectivity index is 1.81. The maximum atomic E-state index is 12.7. The van der Waals surface area contributed by atoms with Crippen molar-refractivity contribution in [3.05, 3.63) is 29.8 Å². The molecule has 0 bridgehead atoms. The Bertz CT molecular complexity index is 602. The molecule has 25 heavy (non-hydrogen) atoms. The maximum Gasteiger partial charge on any atom is 0.407 e. The highest BCUT2D eigenvalue weighted by molar-refractivity contribution is 5.97. The zero-order chi connectivity index (χ0) is 18.4. The lowest BCUT2D eigenvalue weighted by atomic mass is 9.96. The molecule has 2 amide bonds. The van der Waals surface area contributed by atoms with Gasteiger partial charge in [0.25, 0.3) is 5.91 Å². The van der Waals surface area contributed by atoms with Crippen molar-refractivity contribution in [1.29, 1.82) is 0 Å². The Kier molecular flexibility index (Phi) is 6.28. The first kappa shape index (κ1) is 19.1. The van der Waals surface area contributed by atoms with Crippen molar-refractivity contribution in [2.75, 3.05) is 26.7 Å². The third-order valence-corrected chi connectivity index (χ3v) is 4.17. The number of piperidine rings is 1. The molecule has 0 aliphatic carbocycles. The summed E-state index contributed by atoms with van der Waals surface area (Å²) in [6, 6.07) is 7.28. The van der Waals surface area contributed by atoms with Crippen LogP contribution >= 0.6 is 0 Å². The number of carbonyl (C=O) groups excluding carboxylic acids is 2. The molecule has 1 fully saturated rings. The van der Waals surface area contributed by atoms with Crippen molar-refractivity contribution in [3.63, 3.8) is 0 Å². The fraction of sp³-hybridized carbons (Fsp3) is 0.579. The second kappa shape index (κ2) is 8.23. The first-order valence-electron chi connectivity index (χ1n) is 8.69. The molecule has 1 aromatic rings. The first-order valence-corrected chi connectivity index (χ1v) is 8.69. The summed E-state index contributed by atoms with van der Waals surface area (Å²) in [4.78, 5) is 26.2. The molecule has 0 atom stereocenters. The van der Waals surface area contributed by atoms with Gasteiger partial charge in [-0.05, 0) is 51.7 Å². The van der Waals surface area contributed by atoms with Crippen molar-refractivity contribution in [3.8, 4) is 5.75 Å². The van der Waals surface area contributed by atoms with Gasteiger partial charge in [-0.3, -0.25) is 4.79 Å². The average molecular weight is 348 g/mol. The van der Waals surface area contributed by atoms with Gasteiger partial charge in [0.2, 0.25) is 0 Å². The number of ether oxygens (including phenoxy) is 2. The average Bonchev–Trinajstić information content (AvgIpc) is 2.58. The predicted octanol–water partition coefficient (Wildman–Crippen LogP) is 3.07. The Morgan fingerprint density at radius 1 is 1.20 bits per heavy atom. The van der Waals surface area contributed by atoms with Crippen LogP contribution in [0.25, 0.3) is 0 Å². The van der Waals surface area contributed by atoms with E-state index >= 15 is 0 Å². The Hall–Kier alpha value is -2.24. The molecule has 2 rings (SSSR count). The van der Waals surface area contributed by atoms with Crippen molar-refractivity contribution >= 4 is 12.0 Å². The highest BCUT2D eigenvalue weighted by Gasteiger charge is 2.26. The van der Waals surface area contributed by atoms with Crippen LogP contribution in [0.1, 0.15) is 44.0 Å². The molecular formula is C19H28N2O4.